The zero-order valence-corrected chi connectivity index (χ0v) is 16.0. The first-order chi connectivity index (χ1) is 13.0. The summed E-state index contributed by atoms with van der Waals surface area (Å²) in [7, 11) is 0. The average Bonchev–Trinajstić information content (AvgIpc) is 3.25. The van der Waals surface area contributed by atoms with Crippen molar-refractivity contribution in [2.24, 2.45) is 0 Å². The fraction of sp³-hybridized carbons (Fsp3) is 0.200. The highest BCUT2D eigenvalue weighted by molar-refractivity contribution is 7.18. The second kappa shape index (κ2) is 6.49. The number of benzene rings is 1. The number of aromatic amines is 1. The zero-order chi connectivity index (χ0) is 19.1. The molecule has 3 aromatic heterocycles. The molecule has 0 bridgehead atoms. The number of nitrogens with zero attached hydrogens (tertiary/aromatic N) is 4. The van der Waals surface area contributed by atoms with Gasteiger partial charge in [0.2, 0.25) is 0 Å². The van der Waals surface area contributed by atoms with Gasteiger partial charge in [-0.25, -0.2) is 4.98 Å². The molecular formula is C20H17N5OS. The van der Waals surface area contributed by atoms with Gasteiger partial charge in [0, 0.05) is 11.1 Å². The molecule has 0 radical (unpaired) electrons. The number of hydrogen-bond acceptors (Lipinski definition) is 5. The molecule has 0 spiro atoms. The van der Waals surface area contributed by atoms with Gasteiger partial charge in [-0.05, 0) is 12.8 Å². The maximum atomic E-state index is 13.0. The average molecular weight is 375 g/mol. The van der Waals surface area contributed by atoms with Crippen LogP contribution >= 0.6 is 11.3 Å². The number of nitriles is 1. The van der Waals surface area contributed by atoms with Gasteiger partial charge in [-0.2, -0.15) is 14.9 Å². The zero-order valence-electron chi connectivity index (χ0n) is 15.1. The lowest BCUT2D eigenvalue weighted by molar-refractivity contribution is 0.798. The fourth-order valence-corrected chi connectivity index (χ4v) is 4.24. The van der Waals surface area contributed by atoms with E-state index in [1.807, 2.05) is 51.1 Å². The third-order valence-electron chi connectivity index (χ3n) is 4.45. The topological polar surface area (TPSA) is 86.8 Å². The monoisotopic (exact) mass is 375 g/mol. The smallest absolute Gasteiger partial charge is 0.278 e. The third kappa shape index (κ3) is 2.75. The lowest BCUT2D eigenvalue weighted by Gasteiger charge is -2.12. The van der Waals surface area contributed by atoms with Crippen molar-refractivity contribution in [2.75, 3.05) is 0 Å². The Labute approximate surface area is 159 Å². The number of H-pyrrole nitrogens is 1. The van der Waals surface area contributed by atoms with Crippen molar-refractivity contribution in [1.82, 2.24) is 19.6 Å². The number of nitrogens with one attached hydrogen (secondary N) is 1. The summed E-state index contributed by atoms with van der Waals surface area (Å²) in [4.78, 5) is 21.9. The Morgan fingerprint density at radius 3 is 2.67 bits per heavy atom. The minimum atomic E-state index is -0.204. The van der Waals surface area contributed by atoms with E-state index in [0.717, 1.165) is 26.8 Å². The lowest BCUT2D eigenvalue weighted by Crippen LogP contribution is -2.22. The van der Waals surface area contributed by atoms with E-state index >= 15 is 0 Å². The van der Waals surface area contributed by atoms with Crippen LogP contribution in [0.3, 0.4) is 0 Å². The summed E-state index contributed by atoms with van der Waals surface area (Å²) in [6, 6.07) is 12.0. The van der Waals surface area contributed by atoms with Crippen molar-refractivity contribution in [2.45, 2.75) is 26.7 Å². The molecule has 0 saturated heterocycles. The van der Waals surface area contributed by atoms with E-state index in [4.69, 9.17) is 4.98 Å². The highest BCUT2D eigenvalue weighted by atomic mass is 32.1. The second-order valence-corrected chi connectivity index (χ2v) is 7.60. The first kappa shape index (κ1) is 17.2. The summed E-state index contributed by atoms with van der Waals surface area (Å²) in [6.45, 7) is 5.89. The van der Waals surface area contributed by atoms with E-state index in [0.29, 0.717) is 16.8 Å². The summed E-state index contributed by atoms with van der Waals surface area (Å²) in [5.74, 6) is -0.00967. The van der Waals surface area contributed by atoms with Crippen molar-refractivity contribution >= 4 is 17.0 Å². The molecule has 4 rings (SSSR count). The van der Waals surface area contributed by atoms with Crippen LogP contribution in [-0.4, -0.2) is 19.6 Å². The molecule has 0 aliphatic heterocycles. The van der Waals surface area contributed by atoms with Crippen LogP contribution in [0.25, 0.3) is 26.8 Å². The molecule has 27 heavy (non-hydrogen) atoms. The summed E-state index contributed by atoms with van der Waals surface area (Å²) in [5.41, 5.74) is 3.79. The van der Waals surface area contributed by atoms with Gasteiger partial charge in [-0.15, -0.1) is 11.3 Å². The Balaban J connectivity index is 2.02. The standard InChI is InChI=1S/C20H17N5OS/c1-11(2)15-16(24-18-14(9-21)10-22-25(18)20(15)26)17-12(3)23-19(27-17)13-7-5-4-6-8-13/h4-8,10-11,24H,1-3H3. The van der Waals surface area contributed by atoms with Gasteiger partial charge in [0.25, 0.3) is 5.56 Å². The van der Waals surface area contributed by atoms with E-state index in [2.05, 4.69) is 16.2 Å². The fourth-order valence-electron chi connectivity index (χ4n) is 3.16. The van der Waals surface area contributed by atoms with Crippen molar-refractivity contribution in [3.05, 3.63) is 63.7 Å². The number of fused-ring (bicyclic) bond motifs is 1. The quantitative estimate of drug-likeness (QED) is 0.583. The highest BCUT2D eigenvalue weighted by Gasteiger charge is 2.22. The normalized spacial score (nSPS) is 11.2. The molecule has 0 aliphatic carbocycles. The first-order valence-electron chi connectivity index (χ1n) is 8.58. The van der Waals surface area contributed by atoms with Crippen molar-refractivity contribution in [3.63, 3.8) is 0 Å². The SMILES string of the molecule is Cc1nc(-c2ccccc2)sc1-c1[nH]c2c(C#N)cnn2c(=O)c1C(C)C. The summed E-state index contributed by atoms with van der Waals surface area (Å²) in [6.07, 6.45) is 1.41. The number of aromatic nitrogens is 4. The molecule has 7 heteroatoms. The summed E-state index contributed by atoms with van der Waals surface area (Å²) >= 11 is 1.54. The Morgan fingerprint density at radius 2 is 2.00 bits per heavy atom. The highest BCUT2D eigenvalue weighted by Crippen LogP contribution is 2.37. The van der Waals surface area contributed by atoms with Crippen LogP contribution in [0.1, 0.15) is 36.6 Å². The molecule has 4 aromatic rings. The summed E-state index contributed by atoms with van der Waals surface area (Å²) < 4.78 is 1.27. The minimum absolute atomic E-state index is 0.00967. The molecule has 3 heterocycles. The Kier molecular flexibility index (Phi) is 4.13. The predicted octanol–water partition coefficient (Wildman–Crippen LogP) is 4.12. The molecule has 0 aliphatic rings. The molecule has 0 fully saturated rings. The van der Waals surface area contributed by atoms with E-state index < -0.39 is 0 Å². The molecule has 0 saturated carbocycles. The van der Waals surface area contributed by atoms with E-state index in [1.165, 1.54) is 22.0 Å². The van der Waals surface area contributed by atoms with E-state index in [1.54, 1.807) is 0 Å². The van der Waals surface area contributed by atoms with Crippen molar-refractivity contribution in [3.8, 4) is 27.2 Å². The van der Waals surface area contributed by atoms with Crippen LogP contribution in [0.2, 0.25) is 0 Å². The lowest BCUT2D eigenvalue weighted by atomic mass is 10.0. The molecule has 0 amide bonds. The van der Waals surface area contributed by atoms with Gasteiger partial charge in [-0.3, -0.25) is 4.79 Å². The minimum Gasteiger partial charge on any atom is -0.337 e. The maximum Gasteiger partial charge on any atom is 0.278 e. The molecular weight excluding hydrogens is 358 g/mol. The Morgan fingerprint density at radius 1 is 1.26 bits per heavy atom. The number of rotatable bonds is 3. The van der Waals surface area contributed by atoms with Gasteiger partial charge in [0.1, 0.15) is 16.6 Å². The first-order valence-corrected chi connectivity index (χ1v) is 9.40. The largest absolute Gasteiger partial charge is 0.337 e. The van der Waals surface area contributed by atoms with Crippen molar-refractivity contribution < 1.29 is 0 Å². The van der Waals surface area contributed by atoms with Crippen LogP contribution in [0, 0.1) is 18.3 Å². The Bertz CT molecular complexity index is 1240. The van der Waals surface area contributed by atoms with Crippen LogP contribution in [0.5, 0.6) is 0 Å². The second-order valence-electron chi connectivity index (χ2n) is 6.60. The van der Waals surface area contributed by atoms with Crippen LogP contribution < -0.4 is 5.56 Å². The summed E-state index contributed by atoms with van der Waals surface area (Å²) in [5, 5.41) is 14.3. The molecule has 6 nitrogen and oxygen atoms in total. The molecule has 1 aromatic carbocycles. The van der Waals surface area contributed by atoms with E-state index in [-0.39, 0.29) is 11.5 Å². The number of thiazole rings is 1. The van der Waals surface area contributed by atoms with Gasteiger partial charge in [0.05, 0.1) is 22.5 Å². The maximum absolute atomic E-state index is 13.0. The third-order valence-corrected chi connectivity index (χ3v) is 5.67. The van der Waals surface area contributed by atoms with Gasteiger partial charge in [-0.1, -0.05) is 44.2 Å². The Hall–Kier alpha value is -3.24. The number of hydrogen-bond donors (Lipinski definition) is 1. The van der Waals surface area contributed by atoms with Gasteiger partial charge < -0.3 is 4.98 Å². The van der Waals surface area contributed by atoms with Crippen molar-refractivity contribution in [1.29, 1.82) is 5.26 Å². The molecule has 1 N–H and O–H groups in total. The molecule has 0 unspecified atom stereocenters. The van der Waals surface area contributed by atoms with E-state index in [9.17, 15) is 10.1 Å². The molecule has 134 valence electrons. The van der Waals surface area contributed by atoms with Crippen LogP contribution in [0.15, 0.2) is 41.3 Å². The van der Waals surface area contributed by atoms with Crippen LogP contribution in [-0.2, 0) is 0 Å². The van der Waals surface area contributed by atoms with Crippen LogP contribution in [0.4, 0.5) is 0 Å². The predicted molar refractivity (Wildman–Crippen MR) is 106 cm³/mol. The molecule has 0 atom stereocenters. The van der Waals surface area contributed by atoms with Gasteiger partial charge >= 0.3 is 0 Å². The number of aryl methyl sites for hydroxylation is 1. The van der Waals surface area contributed by atoms with Gasteiger partial charge in [0.15, 0.2) is 5.65 Å².